The predicted octanol–water partition coefficient (Wildman–Crippen LogP) is 3.35. The van der Waals surface area contributed by atoms with Gasteiger partial charge in [-0.2, -0.15) is 0 Å². The molecule has 0 aliphatic rings. The fourth-order valence-corrected chi connectivity index (χ4v) is 1.76. The highest BCUT2D eigenvalue weighted by molar-refractivity contribution is 6.30. The summed E-state index contributed by atoms with van der Waals surface area (Å²) >= 11 is 6.04. The zero-order valence-corrected chi connectivity index (χ0v) is 9.81. The van der Waals surface area contributed by atoms with Crippen LogP contribution in [0.3, 0.4) is 0 Å². The van der Waals surface area contributed by atoms with E-state index in [2.05, 4.69) is 19.9 Å². The van der Waals surface area contributed by atoms with Gasteiger partial charge in [0, 0.05) is 11.1 Å². The molecule has 0 radical (unpaired) electrons. The SMILES string of the molecule is CC(N)Cc1cc(Cl)cc(C(C)C)c1. The van der Waals surface area contributed by atoms with Gasteiger partial charge in [-0.15, -0.1) is 0 Å². The maximum Gasteiger partial charge on any atom is 0.0411 e. The van der Waals surface area contributed by atoms with Crippen LogP contribution in [0, 0.1) is 0 Å². The smallest absolute Gasteiger partial charge is 0.0411 e. The van der Waals surface area contributed by atoms with Crippen LogP contribution in [0.2, 0.25) is 5.02 Å². The van der Waals surface area contributed by atoms with Crippen LogP contribution in [0.1, 0.15) is 37.8 Å². The van der Waals surface area contributed by atoms with E-state index in [0.717, 1.165) is 11.4 Å². The summed E-state index contributed by atoms with van der Waals surface area (Å²) in [5, 5.41) is 0.812. The van der Waals surface area contributed by atoms with Crippen molar-refractivity contribution in [1.82, 2.24) is 0 Å². The second kappa shape index (κ2) is 4.81. The molecule has 1 aromatic carbocycles. The Morgan fingerprint density at radius 2 is 1.86 bits per heavy atom. The number of halogens is 1. The highest BCUT2D eigenvalue weighted by Gasteiger charge is 2.04. The Balaban J connectivity index is 2.95. The van der Waals surface area contributed by atoms with E-state index in [0.29, 0.717) is 5.92 Å². The normalized spacial score (nSPS) is 13.3. The molecule has 2 heteroatoms. The lowest BCUT2D eigenvalue weighted by Gasteiger charge is -2.11. The summed E-state index contributed by atoms with van der Waals surface area (Å²) < 4.78 is 0. The molecule has 1 aromatic rings. The molecule has 2 N–H and O–H groups in total. The molecule has 0 saturated carbocycles. The van der Waals surface area contributed by atoms with Crippen LogP contribution in [0.4, 0.5) is 0 Å². The van der Waals surface area contributed by atoms with E-state index in [4.69, 9.17) is 17.3 Å². The monoisotopic (exact) mass is 211 g/mol. The second-order valence-electron chi connectivity index (χ2n) is 4.23. The molecule has 14 heavy (non-hydrogen) atoms. The van der Waals surface area contributed by atoms with Gasteiger partial charge in [-0.3, -0.25) is 0 Å². The Kier molecular flexibility index (Phi) is 3.97. The summed E-state index contributed by atoms with van der Waals surface area (Å²) in [6, 6.07) is 6.40. The van der Waals surface area contributed by atoms with Crippen molar-refractivity contribution < 1.29 is 0 Å². The standard InChI is InChI=1S/C12H18ClN/c1-8(2)11-5-10(4-9(3)14)6-12(13)7-11/h5-9H,4,14H2,1-3H3. The maximum absolute atomic E-state index is 6.04. The van der Waals surface area contributed by atoms with Crippen LogP contribution < -0.4 is 5.73 Å². The summed E-state index contributed by atoms with van der Waals surface area (Å²) in [6.45, 7) is 6.35. The van der Waals surface area contributed by atoms with Gasteiger partial charge < -0.3 is 5.73 Å². The van der Waals surface area contributed by atoms with Gasteiger partial charge in [-0.25, -0.2) is 0 Å². The van der Waals surface area contributed by atoms with Gasteiger partial charge in [0.1, 0.15) is 0 Å². The Morgan fingerprint density at radius 3 is 2.36 bits per heavy atom. The van der Waals surface area contributed by atoms with Gasteiger partial charge >= 0.3 is 0 Å². The van der Waals surface area contributed by atoms with E-state index in [1.54, 1.807) is 0 Å². The first-order valence-electron chi connectivity index (χ1n) is 5.04. The first-order chi connectivity index (χ1) is 6.49. The molecule has 0 spiro atoms. The number of rotatable bonds is 3. The van der Waals surface area contributed by atoms with Crippen LogP contribution in [0.25, 0.3) is 0 Å². The summed E-state index contributed by atoms with van der Waals surface area (Å²) in [4.78, 5) is 0. The molecule has 0 aliphatic heterocycles. The Hall–Kier alpha value is -0.530. The van der Waals surface area contributed by atoms with Gasteiger partial charge in [-0.1, -0.05) is 31.5 Å². The van der Waals surface area contributed by atoms with Crippen molar-refractivity contribution in [2.24, 2.45) is 5.73 Å². The maximum atomic E-state index is 6.04. The third-order valence-electron chi connectivity index (χ3n) is 2.20. The van der Waals surface area contributed by atoms with Gasteiger partial charge in [0.25, 0.3) is 0 Å². The van der Waals surface area contributed by atoms with Crippen molar-refractivity contribution in [1.29, 1.82) is 0 Å². The summed E-state index contributed by atoms with van der Waals surface area (Å²) in [5.41, 5.74) is 8.28. The van der Waals surface area contributed by atoms with E-state index < -0.39 is 0 Å². The van der Waals surface area contributed by atoms with Crippen LogP contribution in [0.15, 0.2) is 18.2 Å². The number of benzene rings is 1. The second-order valence-corrected chi connectivity index (χ2v) is 4.67. The molecule has 1 atom stereocenters. The van der Waals surface area contributed by atoms with Crippen molar-refractivity contribution in [2.75, 3.05) is 0 Å². The fraction of sp³-hybridized carbons (Fsp3) is 0.500. The number of hydrogen-bond acceptors (Lipinski definition) is 1. The topological polar surface area (TPSA) is 26.0 Å². The van der Waals surface area contributed by atoms with Crippen molar-refractivity contribution in [2.45, 2.75) is 39.2 Å². The Morgan fingerprint density at radius 1 is 1.21 bits per heavy atom. The van der Waals surface area contributed by atoms with Gasteiger partial charge in [0.05, 0.1) is 0 Å². The van der Waals surface area contributed by atoms with E-state index in [-0.39, 0.29) is 6.04 Å². The Labute approximate surface area is 91.3 Å². The zero-order chi connectivity index (χ0) is 10.7. The van der Waals surface area contributed by atoms with Crippen LogP contribution >= 0.6 is 11.6 Å². The van der Waals surface area contributed by atoms with Crippen LogP contribution in [-0.2, 0) is 6.42 Å². The minimum atomic E-state index is 0.188. The quantitative estimate of drug-likeness (QED) is 0.816. The first-order valence-corrected chi connectivity index (χ1v) is 5.41. The van der Waals surface area contributed by atoms with Crippen molar-refractivity contribution in [3.8, 4) is 0 Å². The van der Waals surface area contributed by atoms with E-state index in [1.807, 2.05) is 19.1 Å². The molecular formula is C12H18ClN. The van der Waals surface area contributed by atoms with Crippen molar-refractivity contribution >= 4 is 11.6 Å². The zero-order valence-electron chi connectivity index (χ0n) is 9.05. The van der Waals surface area contributed by atoms with Crippen molar-refractivity contribution in [3.05, 3.63) is 34.3 Å². The van der Waals surface area contributed by atoms with E-state index >= 15 is 0 Å². The third kappa shape index (κ3) is 3.32. The highest BCUT2D eigenvalue weighted by atomic mass is 35.5. The highest BCUT2D eigenvalue weighted by Crippen LogP contribution is 2.22. The van der Waals surface area contributed by atoms with Crippen molar-refractivity contribution in [3.63, 3.8) is 0 Å². The average Bonchev–Trinajstić information content (AvgIpc) is 2.01. The molecular weight excluding hydrogens is 194 g/mol. The molecule has 0 aromatic heterocycles. The summed E-state index contributed by atoms with van der Waals surface area (Å²) in [7, 11) is 0. The van der Waals surface area contributed by atoms with Crippen LogP contribution in [-0.4, -0.2) is 6.04 Å². The average molecular weight is 212 g/mol. The van der Waals surface area contributed by atoms with E-state index in [1.165, 1.54) is 11.1 Å². The summed E-state index contributed by atoms with van der Waals surface area (Å²) in [6.07, 6.45) is 0.889. The molecule has 78 valence electrons. The lowest BCUT2D eigenvalue weighted by Crippen LogP contribution is -2.17. The molecule has 1 unspecified atom stereocenters. The van der Waals surface area contributed by atoms with Gasteiger partial charge in [0.2, 0.25) is 0 Å². The molecule has 0 fully saturated rings. The molecule has 0 amide bonds. The molecule has 0 heterocycles. The first kappa shape index (κ1) is 11.5. The minimum Gasteiger partial charge on any atom is -0.328 e. The van der Waals surface area contributed by atoms with Gasteiger partial charge in [-0.05, 0) is 42.5 Å². The Bertz CT molecular complexity index is 305. The lowest BCUT2D eigenvalue weighted by molar-refractivity contribution is 0.735. The molecule has 0 aliphatic carbocycles. The van der Waals surface area contributed by atoms with E-state index in [9.17, 15) is 0 Å². The number of hydrogen-bond donors (Lipinski definition) is 1. The van der Waals surface area contributed by atoms with Crippen LogP contribution in [0.5, 0.6) is 0 Å². The summed E-state index contributed by atoms with van der Waals surface area (Å²) in [5.74, 6) is 0.514. The van der Waals surface area contributed by atoms with Gasteiger partial charge in [0.15, 0.2) is 0 Å². The number of nitrogens with two attached hydrogens (primary N) is 1. The predicted molar refractivity (Wildman–Crippen MR) is 62.9 cm³/mol. The molecule has 1 nitrogen and oxygen atoms in total. The molecule has 0 saturated heterocycles. The third-order valence-corrected chi connectivity index (χ3v) is 2.42. The molecule has 1 rings (SSSR count). The lowest BCUT2D eigenvalue weighted by atomic mass is 9.98. The largest absolute Gasteiger partial charge is 0.328 e. The molecule has 0 bridgehead atoms. The fourth-order valence-electron chi connectivity index (χ4n) is 1.50. The minimum absolute atomic E-state index is 0.188.